The molecule has 0 aromatic carbocycles. The maximum Gasteiger partial charge on any atom is 0.329 e. The molecule has 0 radical (unpaired) electrons. The number of esters is 1. The van der Waals surface area contributed by atoms with Gasteiger partial charge >= 0.3 is 12.0 Å². The molecule has 0 spiro atoms. The molecular weight excluding hydrogens is 370 g/mol. The van der Waals surface area contributed by atoms with E-state index < -0.39 is 36.5 Å². The Morgan fingerprint density at radius 3 is 2.39 bits per heavy atom. The van der Waals surface area contributed by atoms with Gasteiger partial charge in [-0.1, -0.05) is 13.8 Å². The summed E-state index contributed by atoms with van der Waals surface area (Å²) in [5, 5.41) is 6.92. The van der Waals surface area contributed by atoms with Crippen LogP contribution in [0.1, 0.15) is 30.2 Å². The van der Waals surface area contributed by atoms with Gasteiger partial charge in [0.1, 0.15) is 11.8 Å². The van der Waals surface area contributed by atoms with Crippen molar-refractivity contribution in [3.05, 3.63) is 48.3 Å². The van der Waals surface area contributed by atoms with Crippen LogP contribution in [0, 0.1) is 5.92 Å². The summed E-state index contributed by atoms with van der Waals surface area (Å²) < 4.78 is 14.9. The topological polar surface area (TPSA) is 140 Å². The van der Waals surface area contributed by atoms with Gasteiger partial charge in [0.05, 0.1) is 19.1 Å². The molecule has 0 aliphatic heterocycles. The van der Waals surface area contributed by atoms with Gasteiger partial charge < -0.3 is 24.2 Å². The van der Waals surface area contributed by atoms with Crippen molar-refractivity contribution in [1.82, 2.24) is 16.0 Å². The van der Waals surface area contributed by atoms with Crippen molar-refractivity contribution in [3.8, 4) is 0 Å². The van der Waals surface area contributed by atoms with E-state index in [0.717, 1.165) is 0 Å². The fraction of sp³-hybridized carbons (Fsp3) is 0.333. The Bertz CT molecular complexity index is 797. The first-order valence-electron chi connectivity index (χ1n) is 8.48. The summed E-state index contributed by atoms with van der Waals surface area (Å²) in [4.78, 5) is 47.6. The standard InChI is InChI=1S/C18H21N3O7/c1-11(2)15(21-16(23)13-6-4-8-27-13)17(24)28-10-14(22)20-18(25)19-9-12-5-3-7-26-12/h3-8,11,15H,9-10H2,1-2H3,(H,21,23)(H2,19,20,22,25)/t15-/m0/s1. The molecule has 1 atom stereocenters. The van der Waals surface area contributed by atoms with Crippen molar-refractivity contribution in [2.75, 3.05) is 6.61 Å². The number of ether oxygens (including phenoxy) is 1. The number of hydrogen-bond donors (Lipinski definition) is 3. The van der Waals surface area contributed by atoms with Gasteiger partial charge in [0.2, 0.25) is 0 Å². The zero-order valence-corrected chi connectivity index (χ0v) is 15.4. The molecule has 0 saturated carbocycles. The molecule has 28 heavy (non-hydrogen) atoms. The number of nitrogens with one attached hydrogen (secondary N) is 3. The monoisotopic (exact) mass is 391 g/mol. The molecule has 4 amide bonds. The third-order valence-electron chi connectivity index (χ3n) is 3.55. The molecule has 0 bridgehead atoms. The Morgan fingerprint density at radius 2 is 1.79 bits per heavy atom. The Hall–Kier alpha value is -3.56. The molecule has 10 nitrogen and oxygen atoms in total. The van der Waals surface area contributed by atoms with Crippen LogP contribution in [0.4, 0.5) is 4.79 Å². The van der Waals surface area contributed by atoms with Gasteiger partial charge in [-0.15, -0.1) is 0 Å². The fourth-order valence-electron chi connectivity index (χ4n) is 2.13. The number of urea groups is 1. The van der Waals surface area contributed by atoms with Crippen LogP contribution in [0.5, 0.6) is 0 Å². The molecule has 10 heteroatoms. The highest BCUT2D eigenvalue weighted by atomic mass is 16.5. The van der Waals surface area contributed by atoms with Crippen molar-refractivity contribution >= 4 is 23.8 Å². The van der Waals surface area contributed by atoms with Crippen molar-refractivity contribution in [1.29, 1.82) is 0 Å². The zero-order chi connectivity index (χ0) is 20.5. The fourth-order valence-corrected chi connectivity index (χ4v) is 2.13. The van der Waals surface area contributed by atoms with E-state index in [9.17, 15) is 19.2 Å². The summed E-state index contributed by atoms with van der Waals surface area (Å²) in [7, 11) is 0. The van der Waals surface area contributed by atoms with Crippen molar-refractivity contribution < 1.29 is 32.7 Å². The second kappa shape index (κ2) is 9.95. The van der Waals surface area contributed by atoms with Gasteiger partial charge in [-0.05, 0) is 30.2 Å². The molecule has 2 rings (SSSR count). The van der Waals surface area contributed by atoms with Crippen LogP contribution >= 0.6 is 0 Å². The normalized spacial score (nSPS) is 11.5. The number of rotatable bonds is 8. The van der Waals surface area contributed by atoms with E-state index in [1.807, 2.05) is 5.32 Å². The largest absolute Gasteiger partial charge is 0.467 e. The van der Waals surface area contributed by atoms with E-state index in [1.165, 1.54) is 18.6 Å². The number of carbonyl (C=O) groups excluding carboxylic acids is 4. The van der Waals surface area contributed by atoms with E-state index in [0.29, 0.717) is 5.76 Å². The lowest BCUT2D eigenvalue weighted by Gasteiger charge is -2.20. The van der Waals surface area contributed by atoms with Gasteiger partial charge in [0.15, 0.2) is 12.4 Å². The minimum atomic E-state index is -0.988. The minimum Gasteiger partial charge on any atom is -0.467 e. The lowest BCUT2D eigenvalue weighted by Crippen LogP contribution is -2.47. The maximum absolute atomic E-state index is 12.2. The molecule has 150 valence electrons. The average Bonchev–Trinajstić information content (AvgIpc) is 3.35. The summed E-state index contributed by atoms with van der Waals surface area (Å²) in [6, 6.07) is 4.57. The first kappa shape index (κ1) is 20.7. The molecular formula is C18H21N3O7. The number of imide groups is 1. The van der Waals surface area contributed by atoms with Crippen LogP contribution < -0.4 is 16.0 Å². The third-order valence-corrected chi connectivity index (χ3v) is 3.55. The second-order valence-electron chi connectivity index (χ2n) is 6.09. The quantitative estimate of drug-likeness (QED) is 0.574. The highest BCUT2D eigenvalue weighted by molar-refractivity contribution is 5.97. The van der Waals surface area contributed by atoms with E-state index in [1.54, 1.807) is 32.0 Å². The lowest BCUT2D eigenvalue weighted by atomic mass is 10.0. The number of hydrogen-bond acceptors (Lipinski definition) is 7. The van der Waals surface area contributed by atoms with Gasteiger partial charge in [-0.3, -0.25) is 14.9 Å². The number of carbonyl (C=O) groups is 4. The minimum absolute atomic E-state index is 0.0458. The molecule has 0 unspecified atom stereocenters. The van der Waals surface area contributed by atoms with E-state index in [2.05, 4.69) is 10.6 Å². The molecule has 0 saturated heterocycles. The van der Waals surface area contributed by atoms with E-state index in [-0.39, 0.29) is 18.2 Å². The first-order chi connectivity index (χ1) is 13.4. The Labute approximate surface area is 160 Å². The van der Waals surface area contributed by atoms with Crippen LogP contribution in [0.2, 0.25) is 0 Å². The van der Waals surface area contributed by atoms with Gasteiger partial charge in [-0.2, -0.15) is 0 Å². The van der Waals surface area contributed by atoms with Gasteiger partial charge in [0, 0.05) is 0 Å². The predicted molar refractivity (Wildman–Crippen MR) is 94.8 cm³/mol. The van der Waals surface area contributed by atoms with Crippen LogP contribution in [0.25, 0.3) is 0 Å². The molecule has 0 aliphatic rings. The smallest absolute Gasteiger partial charge is 0.329 e. The lowest BCUT2D eigenvalue weighted by molar-refractivity contribution is -0.151. The summed E-state index contributed by atoms with van der Waals surface area (Å²) in [6.45, 7) is 2.83. The highest BCUT2D eigenvalue weighted by Gasteiger charge is 2.27. The number of amides is 4. The highest BCUT2D eigenvalue weighted by Crippen LogP contribution is 2.07. The van der Waals surface area contributed by atoms with Crippen molar-refractivity contribution in [2.45, 2.75) is 26.4 Å². The molecule has 0 aliphatic carbocycles. The van der Waals surface area contributed by atoms with Crippen molar-refractivity contribution in [2.24, 2.45) is 5.92 Å². The Morgan fingerprint density at radius 1 is 1.07 bits per heavy atom. The van der Waals surface area contributed by atoms with Crippen LogP contribution in [0.3, 0.4) is 0 Å². The Balaban J connectivity index is 1.76. The molecule has 2 heterocycles. The van der Waals surface area contributed by atoms with Crippen LogP contribution in [-0.2, 0) is 20.9 Å². The summed E-state index contributed by atoms with van der Waals surface area (Å²) in [5.74, 6) is -1.94. The second-order valence-corrected chi connectivity index (χ2v) is 6.09. The third kappa shape index (κ3) is 6.31. The molecule has 0 fully saturated rings. The van der Waals surface area contributed by atoms with Gasteiger partial charge in [0.25, 0.3) is 11.8 Å². The molecule has 2 aromatic heterocycles. The van der Waals surface area contributed by atoms with E-state index >= 15 is 0 Å². The maximum atomic E-state index is 12.2. The SMILES string of the molecule is CC(C)[C@H](NC(=O)c1ccco1)C(=O)OCC(=O)NC(=O)NCc1ccco1. The van der Waals surface area contributed by atoms with Crippen LogP contribution in [-0.4, -0.2) is 36.5 Å². The van der Waals surface area contributed by atoms with E-state index in [4.69, 9.17) is 13.6 Å². The predicted octanol–water partition coefficient (Wildman–Crippen LogP) is 1.20. The van der Waals surface area contributed by atoms with Gasteiger partial charge in [-0.25, -0.2) is 9.59 Å². The average molecular weight is 391 g/mol. The van der Waals surface area contributed by atoms with Crippen molar-refractivity contribution in [3.63, 3.8) is 0 Å². The zero-order valence-electron chi connectivity index (χ0n) is 15.4. The molecule has 3 N–H and O–H groups in total. The first-order valence-corrected chi connectivity index (χ1v) is 8.48. The molecule has 2 aromatic rings. The summed E-state index contributed by atoms with van der Waals surface area (Å²) in [5.41, 5.74) is 0. The summed E-state index contributed by atoms with van der Waals surface area (Å²) >= 11 is 0. The number of furan rings is 2. The summed E-state index contributed by atoms with van der Waals surface area (Å²) in [6.07, 6.45) is 2.79. The van der Waals surface area contributed by atoms with Crippen LogP contribution in [0.15, 0.2) is 45.6 Å². The Kier molecular flexibility index (Phi) is 7.37.